The number of ether oxygens (including phenoxy) is 2. The molecule has 0 spiro atoms. The van der Waals surface area contributed by atoms with Gasteiger partial charge in [-0.2, -0.15) is 4.98 Å². The Morgan fingerprint density at radius 1 is 0.875 bits per heavy atom. The molecule has 0 aliphatic carbocycles. The van der Waals surface area contributed by atoms with Crippen LogP contribution in [0.2, 0.25) is 0 Å². The second-order valence-electron chi connectivity index (χ2n) is 7.44. The molecule has 9 nitrogen and oxygen atoms in total. The summed E-state index contributed by atoms with van der Waals surface area (Å²) < 4.78 is 16.8. The standard InChI is InChI=1S/C23H21N5O4/c1-25-20-19(21(29)26(2)23(25)30)27-13-18(14-8-10-16(31-3)11-9-14)28(22(27)24-20)15-6-5-7-17(12-15)32-4/h5-13H,1-4H3. The van der Waals surface area contributed by atoms with Gasteiger partial charge in [-0.1, -0.05) is 6.07 Å². The molecule has 0 aliphatic heterocycles. The van der Waals surface area contributed by atoms with Crippen molar-refractivity contribution in [3.63, 3.8) is 0 Å². The molecule has 9 heteroatoms. The average molecular weight is 431 g/mol. The maximum atomic E-state index is 13.0. The summed E-state index contributed by atoms with van der Waals surface area (Å²) in [5.74, 6) is 1.94. The van der Waals surface area contributed by atoms with Crippen molar-refractivity contribution < 1.29 is 9.47 Å². The fraction of sp³-hybridized carbons (Fsp3) is 0.174. The van der Waals surface area contributed by atoms with Crippen LogP contribution in [-0.4, -0.2) is 37.3 Å². The second kappa shape index (κ2) is 7.16. The summed E-state index contributed by atoms with van der Waals surface area (Å²) in [6, 6.07) is 15.2. The van der Waals surface area contributed by atoms with E-state index >= 15 is 0 Å². The zero-order valence-corrected chi connectivity index (χ0v) is 18.1. The molecule has 0 saturated carbocycles. The molecule has 0 N–H and O–H groups in total. The fourth-order valence-electron chi connectivity index (χ4n) is 3.94. The van der Waals surface area contributed by atoms with E-state index in [9.17, 15) is 9.59 Å². The highest BCUT2D eigenvalue weighted by Gasteiger charge is 2.22. The van der Waals surface area contributed by atoms with E-state index in [1.165, 1.54) is 11.6 Å². The Morgan fingerprint density at radius 2 is 1.59 bits per heavy atom. The van der Waals surface area contributed by atoms with Gasteiger partial charge in [-0.25, -0.2) is 4.79 Å². The Bertz CT molecular complexity index is 1600. The van der Waals surface area contributed by atoms with Gasteiger partial charge in [0, 0.05) is 31.9 Å². The van der Waals surface area contributed by atoms with Crippen molar-refractivity contribution in [2.45, 2.75) is 0 Å². The van der Waals surface area contributed by atoms with Gasteiger partial charge in [0.25, 0.3) is 5.56 Å². The molecule has 3 aromatic heterocycles. The van der Waals surface area contributed by atoms with E-state index in [-0.39, 0.29) is 0 Å². The van der Waals surface area contributed by atoms with Crippen LogP contribution in [0.3, 0.4) is 0 Å². The maximum Gasteiger partial charge on any atom is 0.332 e. The number of nitrogens with zero attached hydrogens (tertiary/aromatic N) is 5. The molecule has 0 unspecified atom stereocenters. The van der Waals surface area contributed by atoms with Crippen LogP contribution in [0, 0.1) is 0 Å². The number of fused-ring (bicyclic) bond motifs is 3. The molecule has 5 aromatic rings. The van der Waals surface area contributed by atoms with Crippen molar-refractivity contribution in [1.29, 1.82) is 0 Å². The second-order valence-corrected chi connectivity index (χ2v) is 7.44. The number of imidazole rings is 2. The lowest BCUT2D eigenvalue weighted by atomic mass is 10.1. The van der Waals surface area contributed by atoms with Crippen molar-refractivity contribution in [2.75, 3.05) is 14.2 Å². The Kier molecular flexibility index (Phi) is 4.40. The van der Waals surface area contributed by atoms with E-state index in [1.54, 1.807) is 25.7 Å². The Labute approximate surface area is 182 Å². The van der Waals surface area contributed by atoms with Gasteiger partial charge in [0.05, 0.1) is 25.6 Å². The van der Waals surface area contributed by atoms with Gasteiger partial charge >= 0.3 is 5.69 Å². The van der Waals surface area contributed by atoms with Gasteiger partial charge < -0.3 is 9.47 Å². The van der Waals surface area contributed by atoms with Crippen LogP contribution < -0.4 is 20.7 Å². The van der Waals surface area contributed by atoms with E-state index in [1.807, 2.05) is 59.3 Å². The van der Waals surface area contributed by atoms with E-state index in [4.69, 9.17) is 14.5 Å². The van der Waals surface area contributed by atoms with Crippen LogP contribution in [0.25, 0.3) is 33.9 Å². The molecular weight excluding hydrogens is 410 g/mol. The molecule has 0 saturated heterocycles. The first kappa shape index (κ1) is 19.7. The number of aromatic nitrogens is 5. The monoisotopic (exact) mass is 431 g/mol. The summed E-state index contributed by atoms with van der Waals surface area (Å²) in [6.45, 7) is 0. The number of hydrogen-bond acceptors (Lipinski definition) is 5. The average Bonchev–Trinajstić information content (AvgIpc) is 3.38. The molecule has 0 fully saturated rings. The zero-order chi connectivity index (χ0) is 22.6. The quantitative estimate of drug-likeness (QED) is 0.436. The number of aryl methyl sites for hydroxylation is 1. The third-order valence-electron chi connectivity index (χ3n) is 5.66. The third-order valence-corrected chi connectivity index (χ3v) is 5.66. The van der Waals surface area contributed by atoms with Gasteiger partial charge in [-0.15, -0.1) is 0 Å². The first-order valence-electron chi connectivity index (χ1n) is 9.93. The predicted octanol–water partition coefficient (Wildman–Crippen LogP) is 2.36. The number of benzene rings is 2. The normalized spacial score (nSPS) is 11.4. The van der Waals surface area contributed by atoms with Crippen LogP contribution in [-0.2, 0) is 14.1 Å². The third kappa shape index (κ3) is 2.74. The van der Waals surface area contributed by atoms with Crippen LogP contribution in [0.5, 0.6) is 11.5 Å². The minimum Gasteiger partial charge on any atom is -0.497 e. The first-order valence-corrected chi connectivity index (χ1v) is 9.93. The minimum absolute atomic E-state index is 0.325. The molecule has 2 aromatic carbocycles. The lowest BCUT2D eigenvalue weighted by molar-refractivity contribution is 0.414. The molecule has 0 amide bonds. The molecule has 5 rings (SSSR count). The first-order chi connectivity index (χ1) is 15.4. The van der Waals surface area contributed by atoms with Gasteiger partial charge in [-0.3, -0.25) is 22.9 Å². The highest BCUT2D eigenvalue weighted by Crippen LogP contribution is 2.31. The number of rotatable bonds is 4. The van der Waals surface area contributed by atoms with Crippen LogP contribution in [0.1, 0.15) is 0 Å². The summed E-state index contributed by atoms with van der Waals surface area (Å²) >= 11 is 0. The fourth-order valence-corrected chi connectivity index (χ4v) is 3.94. The smallest absolute Gasteiger partial charge is 0.332 e. The van der Waals surface area contributed by atoms with Gasteiger partial charge in [0.15, 0.2) is 11.2 Å². The molecular formula is C23H21N5O4. The molecule has 32 heavy (non-hydrogen) atoms. The summed E-state index contributed by atoms with van der Waals surface area (Å²) in [6.07, 6.45) is 1.86. The zero-order valence-electron chi connectivity index (χ0n) is 18.1. The summed E-state index contributed by atoms with van der Waals surface area (Å²) in [5.41, 5.74) is 2.37. The molecule has 0 bridgehead atoms. The Morgan fingerprint density at radius 3 is 2.28 bits per heavy atom. The maximum absolute atomic E-state index is 13.0. The van der Waals surface area contributed by atoms with E-state index in [0.29, 0.717) is 22.7 Å². The lowest BCUT2D eigenvalue weighted by Gasteiger charge is -2.11. The van der Waals surface area contributed by atoms with Crippen LogP contribution in [0.4, 0.5) is 0 Å². The summed E-state index contributed by atoms with van der Waals surface area (Å²) in [7, 11) is 6.30. The predicted molar refractivity (Wildman–Crippen MR) is 121 cm³/mol. The van der Waals surface area contributed by atoms with Crippen molar-refractivity contribution in [3.05, 3.63) is 75.6 Å². The Balaban J connectivity index is 1.92. The molecule has 0 aliphatic rings. The van der Waals surface area contributed by atoms with Crippen molar-refractivity contribution in [3.8, 4) is 28.4 Å². The highest BCUT2D eigenvalue weighted by atomic mass is 16.5. The molecule has 0 atom stereocenters. The topological polar surface area (TPSA) is 84.7 Å². The highest BCUT2D eigenvalue weighted by molar-refractivity contribution is 5.79. The van der Waals surface area contributed by atoms with Gasteiger partial charge in [-0.05, 0) is 36.4 Å². The van der Waals surface area contributed by atoms with Crippen LogP contribution >= 0.6 is 0 Å². The van der Waals surface area contributed by atoms with Crippen molar-refractivity contribution in [1.82, 2.24) is 23.1 Å². The van der Waals surface area contributed by atoms with Gasteiger partial charge in [0.1, 0.15) is 11.5 Å². The SMILES string of the molecule is COc1ccc(-c2cn3c4c(=O)n(C)c(=O)n(C)c4nc3n2-c2cccc(OC)c2)cc1. The largest absolute Gasteiger partial charge is 0.497 e. The van der Waals surface area contributed by atoms with E-state index < -0.39 is 11.2 Å². The molecule has 162 valence electrons. The lowest BCUT2D eigenvalue weighted by Crippen LogP contribution is -2.37. The number of methoxy groups -OCH3 is 2. The minimum atomic E-state index is -0.424. The Hall–Kier alpha value is -4.27. The van der Waals surface area contributed by atoms with Crippen molar-refractivity contribution in [2.24, 2.45) is 14.1 Å². The van der Waals surface area contributed by atoms with Crippen LogP contribution in [0.15, 0.2) is 64.3 Å². The number of hydrogen-bond donors (Lipinski definition) is 0. The van der Waals surface area contributed by atoms with Crippen molar-refractivity contribution >= 4 is 16.9 Å². The van der Waals surface area contributed by atoms with E-state index in [2.05, 4.69) is 0 Å². The summed E-state index contributed by atoms with van der Waals surface area (Å²) in [5, 5.41) is 0. The van der Waals surface area contributed by atoms with E-state index in [0.717, 1.165) is 27.3 Å². The summed E-state index contributed by atoms with van der Waals surface area (Å²) in [4.78, 5) is 30.1. The van der Waals surface area contributed by atoms with Gasteiger partial charge in [0.2, 0.25) is 5.78 Å². The molecule has 0 radical (unpaired) electrons. The molecule has 3 heterocycles.